The zero-order valence-corrected chi connectivity index (χ0v) is 17.3. The van der Waals surface area contributed by atoms with Gasteiger partial charge < -0.3 is 0 Å². The number of hydrogen-bond acceptors (Lipinski definition) is 0. The van der Waals surface area contributed by atoms with Gasteiger partial charge in [0.1, 0.15) is 0 Å². The molecule has 1 aliphatic rings. The third-order valence-corrected chi connectivity index (χ3v) is 10.5. The first kappa shape index (κ1) is 31.9. The highest BCUT2D eigenvalue weighted by Gasteiger charge is 2.99. The van der Waals surface area contributed by atoms with E-state index in [-0.39, 0.29) is 0 Å². The highest BCUT2D eigenvalue weighted by Crippen LogP contribution is 2.79. The summed E-state index contributed by atoms with van der Waals surface area (Å²) in [5, 5.41) is -7.93. The third-order valence-electron chi connectivity index (χ3n) is 4.49. The van der Waals surface area contributed by atoms with Gasteiger partial charge in [-0.1, -0.05) is 0 Å². The first-order valence-corrected chi connectivity index (χ1v) is 11.4. The molecule has 0 bridgehead atoms. The highest BCUT2D eigenvalue weighted by molar-refractivity contribution is 7.48. The quantitative estimate of drug-likeness (QED) is 0.163. The Morgan fingerprint density at radius 3 is 1.20 bits per heavy atom. The van der Waals surface area contributed by atoms with E-state index in [1.54, 1.807) is 0 Å². The van der Waals surface area contributed by atoms with Crippen LogP contribution in [0.5, 0.6) is 0 Å². The van der Waals surface area contributed by atoms with Gasteiger partial charge in [0.2, 0.25) is 5.83 Å². The SMILES string of the molecule is FC1=C(F)C(F)(F)C(C(F)(F)C(F)(F)C(F)(F)C(F)(F)F)([Si](Cl)(Cl)C(F)(F)C(F)(F)F)C(F)=C1F. The number of rotatable bonds is 5. The van der Waals surface area contributed by atoms with Gasteiger partial charge in [-0.05, 0) is 0 Å². The molecule has 206 valence electrons. The molecule has 1 atom stereocenters. The molecule has 0 spiro atoms. The maximum absolute atomic E-state index is 14.6. The van der Waals surface area contributed by atoms with Crippen LogP contribution in [0.2, 0.25) is 5.04 Å². The van der Waals surface area contributed by atoms with Gasteiger partial charge in [-0.3, -0.25) is 0 Å². The molecule has 0 heterocycles. The normalized spacial score (nSPS) is 23.8. The van der Waals surface area contributed by atoms with E-state index < -0.39 is 76.6 Å². The fraction of sp³-hybridized carbons (Fsp3) is 0.667. The van der Waals surface area contributed by atoms with Gasteiger partial charge in [-0.25, -0.2) is 17.6 Å². The zero-order valence-electron chi connectivity index (χ0n) is 14.8. The minimum Gasteiger partial charge on any atom is -0.208 e. The van der Waals surface area contributed by atoms with Crippen LogP contribution in [0.1, 0.15) is 0 Å². The van der Waals surface area contributed by atoms with E-state index in [0.717, 1.165) is 0 Å². The summed E-state index contributed by atoms with van der Waals surface area (Å²) in [5.74, 6) is -52.0. The van der Waals surface area contributed by atoms with Crippen molar-refractivity contribution in [1.82, 2.24) is 0 Å². The van der Waals surface area contributed by atoms with Gasteiger partial charge in [-0.2, -0.15) is 70.2 Å². The summed E-state index contributed by atoms with van der Waals surface area (Å²) in [7, 11) is 0. The van der Waals surface area contributed by atoms with Crippen molar-refractivity contribution in [3.63, 3.8) is 0 Å². The van der Waals surface area contributed by atoms with E-state index in [1.165, 1.54) is 0 Å². The van der Waals surface area contributed by atoms with Gasteiger partial charge in [0.05, 0.1) is 0 Å². The summed E-state index contributed by atoms with van der Waals surface area (Å²) in [6, 6.07) is 0. The molecule has 0 aromatic rings. The van der Waals surface area contributed by atoms with E-state index in [1.807, 2.05) is 0 Å². The lowest BCUT2D eigenvalue weighted by Crippen LogP contribution is -2.76. The maximum atomic E-state index is 14.6. The van der Waals surface area contributed by atoms with Gasteiger partial charge in [-0.15, -0.1) is 22.2 Å². The molecule has 0 saturated carbocycles. The largest absolute Gasteiger partial charge is 0.460 e. The van der Waals surface area contributed by atoms with Crippen LogP contribution < -0.4 is 0 Å². The molecule has 1 unspecified atom stereocenters. The van der Waals surface area contributed by atoms with Crippen molar-refractivity contribution in [3.8, 4) is 0 Å². The maximum Gasteiger partial charge on any atom is 0.460 e. The van der Waals surface area contributed by atoms with Crippen LogP contribution in [0.25, 0.3) is 0 Å². The highest BCUT2D eigenvalue weighted by atomic mass is 35.7. The van der Waals surface area contributed by atoms with E-state index in [0.29, 0.717) is 0 Å². The molecule has 1 aliphatic carbocycles. The van der Waals surface area contributed by atoms with Crippen molar-refractivity contribution in [3.05, 3.63) is 23.3 Å². The molecule has 0 fully saturated rings. The van der Waals surface area contributed by atoms with Gasteiger partial charge in [0.15, 0.2) is 22.5 Å². The van der Waals surface area contributed by atoms with Crippen molar-refractivity contribution >= 4 is 28.9 Å². The smallest absolute Gasteiger partial charge is 0.208 e. The minimum atomic E-state index is -9.32. The molecule has 23 heteroatoms. The van der Waals surface area contributed by atoms with E-state index in [2.05, 4.69) is 22.2 Å². The molecule has 35 heavy (non-hydrogen) atoms. The van der Waals surface area contributed by atoms with Crippen molar-refractivity contribution in [2.24, 2.45) is 0 Å². The number of alkyl halides is 16. The number of allylic oxidation sites excluding steroid dienone is 4. The Labute approximate surface area is 187 Å². The van der Waals surface area contributed by atoms with Crippen LogP contribution >= 0.6 is 22.2 Å². The minimum absolute atomic E-state index is 4.07. The molecule has 0 N–H and O–H groups in total. The van der Waals surface area contributed by atoms with Crippen LogP contribution in [0.15, 0.2) is 23.3 Å². The number of hydrogen-bond donors (Lipinski definition) is 0. The van der Waals surface area contributed by atoms with E-state index in [4.69, 9.17) is 0 Å². The van der Waals surface area contributed by atoms with Crippen molar-refractivity contribution < 1.29 is 87.8 Å². The first-order valence-electron chi connectivity index (χ1n) is 7.41. The van der Waals surface area contributed by atoms with Crippen LogP contribution in [-0.4, -0.2) is 48.3 Å². The van der Waals surface area contributed by atoms with Crippen molar-refractivity contribution in [2.45, 2.75) is 46.6 Å². The second kappa shape index (κ2) is 7.94. The lowest BCUT2D eigenvalue weighted by molar-refractivity contribution is -0.406. The average Bonchev–Trinajstić information content (AvgIpc) is 2.62. The standard InChI is InChI=1S/C12Cl2F20Si/c13-35(14,12(33,34)11(30,31)32)5(3(17)1(15)2(16)4(18)6(5,19)20)7(21,22)8(23,24)9(25,26)10(27,28)29. The van der Waals surface area contributed by atoms with Gasteiger partial charge >= 0.3 is 48.3 Å². The Morgan fingerprint density at radius 2 is 0.886 bits per heavy atom. The third kappa shape index (κ3) is 3.48. The molecular formula is C12Cl2F20Si. The lowest BCUT2D eigenvalue weighted by Gasteiger charge is -2.53. The molecular weight excluding hydrogens is 623 g/mol. The Hall–Kier alpha value is -1.12. The fourth-order valence-corrected chi connectivity index (χ4v) is 7.52. The first-order chi connectivity index (χ1) is 14.9. The Bertz CT molecular complexity index is 939. The molecule has 0 amide bonds. The van der Waals surface area contributed by atoms with Gasteiger partial charge in [0.25, 0.3) is 0 Å². The van der Waals surface area contributed by atoms with Crippen LogP contribution in [-0.2, 0) is 0 Å². The predicted octanol–water partition coefficient (Wildman–Crippen LogP) is 8.80. The fourth-order valence-electron chi connectivity index (χ4n) is 2.69. The lowest BCUT2D eigenvalue weighted by atomic mass is 9.81. The second-order valence-electron chi connectivity index (χ2n) is 6.45. The molecule has 0 radical (unpaired) electrons. The summed E-state index contributed by atoms with van der Waals surface area (Å²) >= 11 is 8.45. The van der Waals surface area contributed by atoms with Crippen LogP contribution in [0.3, 0.4) is 0 Å². The molecule has 0 aromatic heterocycles. The molecule has 0 aliphatic heterocycles. The van der Waals surface area contributed by atoms with E-state index in [9.17, 15) is 87.8 Å². The monoisotopic (exact) mass is 622 g/mol. The molecule has 0 saturated heterocycles. The second-order valence-corrected chi connectivity index (χ2v) is 13.0. The topological polar surface area (TPSA) is 0 Å². The van der Waals surface area contributed by atoms with Crippen LogP contribution in [0.4, 0.5) is 87.8 Å². The summed E-state index contributed by atoms with van der Waals surface area (Å²) in [6.45, 7) is -9.32. The molecule has 0 nitrogen and oxygen atoms in total. The Morgan fingerprint density at radius 1 is 0.543 bits per heavy atom. The predicted molar refractivity (Wildman–Crippen MR) is 75.5 cm³/mol. The molecule has 1 rings (SSSR count). The van der Waals surface area contributed by atoms with Crippen LogP contribution in [0, 0.1) is 0 Å². The average molecular weight is 623 g/mol. The Kier molecular flexibility index (Phi) is 7.24. The number of halogens is 22. The summed E-state index contributed by atoms with van der Waals surface area (Å²) in [6.07, 6.45) is -15.7. The molecule has 0 aromatic carbocycles. The van der Waals surface area contributed by atoms with Gasteiger partial charge in [0, 0.05) is 0 Å². The van der Waals surface area contributed by atoms with Crippen molar-refractivity contribution in [2.75, 3.05) is 0 Å². The Balaban J connectivity index is 4.55. The summed E-state index contributed by atoms with van der Waals surface area (Å²) < 4.78 is 270. The zero-order chi connectivity index (χ0) is 28.8. The van der Waals surface area contributed by atoms with E-state index >= 15 is 0 Å². The summed E-state index contributed by atoms with van der Waals surface area (Å²) in [5.41, 5.74) is -7.77. The summed E-state index contributed by atoms with van der Waals surface area (Å²) in [4.78, 5) is 0. The van der Waals surface area contributed by atoms with Crippen molar-refractivity contribution in [1.29, 1.82) is 0 Å².